The highest BCUT2D eigenvalue weighted by Gasteiger charge is 2.38. The summed E-state index contributed by atoms with van der Waals surface area (Å²) in [5, 5.41) is 0. The number of likely N-dealkylation sites (tertiary alicyclic amines) is 1. The Balaban J connectivity index is 1.77. The molecular formula is C15H18BrIN2O. The Hall–Kier alpha value is -0.140. The number of nitrogens with two attached hydrogens (primary N) is 1. The zero-order valence-corrected chi connectivity index (χ0v) is 14.9. The third-order valence-corrected chi connectivity index (χ3v) is 5.90. The molecule has 108 valence electrons. The molecule has 1 amide bonds. The molecule has 1 heterocycles. The molecule has 2 N–H and O–H groups in total. The van der Waals surface area contributed by atoms with Crippen molar-refractivity contribution in [2.75, 3.05) is 13.1 Å². The molecule has 1 unspecified atom stereocenters. The molecule has 3 nitrogen and oxygen atoms in total. The van der Waals surface area contributed by atoms with Crippen molar-refractivity contribution in [3.05, 3.63) is 31.8 Å². The molecule has 3 atom stereocenters. The fraction of sp³-hybridized carbons (Fsp3) is 0.533. The average molecular weight is 449 g/mol. The maximum absolute atomic E-state index is 12.7. The Kier molecular flexibility index (Phi) is 4.38. The Morgan fingerprint density at radius 2 is 2.05 bits per heavy atom. The van der Waals surface area contributed by atoms with Gasteiger partial charge < -0.3 is 10.6 Å². The van der Waals surface area contributed by atoms with Crippen molar-refractivity contribution in [1.29, 1.82) is 0 Å². The summed E-state index contributed by atoms with van der Waals surface area (Å²) in [5.74, 6) is 1.41. The van der Waals surface area contributed by atoms with Crippen LogP contribution in [0, 0.1) is 15.4 Å². The van der Waals surface area contributed by atoms with Gasteiger partial charge in [0, 0.05) is 27.2 Å². The van der Waals surface area contributed by atoms with Gasteiger partial charge in [0.15, 0.2) is 0 Å². The van der Waals surface area contributed by atoms with Gasteiger partial charge in [-0.15, -0.1) is 0 Å². The van der Waals surface area contributed by atoms with Crippen LogP contribution in [0.5, 0.6) is 0 Å². The number of hydrogen-bond acceptors (Lipinski definition) is 2. The molecule has 0 radical (unpaired) electrons. The smallest absolute Gasteiger partial charge is 0.255 e. The molecule has 1 aromatic rings. The van der Waals surface area contributed by atoms with Crippen molar-refractivity contribution < 1.29 is 4.79 Å². The zero-order chi connectivity index (χ0) is 14.3. The van der Waals surface area contributed by atoms with Crippen LogP contribution in [-0.4, -0.2) is 29.9 Å². The lowest BCUT2D eigenvalue weighted by molar-refractivity contribution is 0.0783. The van der Waals surface area contributed by atoms with Crippen LogP contribution >= 0.6 is 38.5 Å². The fourth-order valence-corrected chi connectivity index (χ4v) is 4.37. The first-order valence-corrected chi connectivity index (χ1v) is 8.91. The van der Waals surface area contributed by atoms with E-state index < -0.39 is 0 Å². The summed E-state index contributed by atoms with van der Waals surface area (Å²) in [6.07, 6.45) is 3.35. The highest BCUT2D eigenvalue weighted by molar-refractivity contribution is 14.1. The number of hydrogen-bond donors (Lipinski definition) is 1. The molecule has 2 fully saturated rings. The van der Waals surface area contributed by atoms with E-state index >= 15 is 0 Å². The third kappa shape index (κ3) is 2.90. The molecule has 3 rings (SSSR count). The average Bonchev–Trinajstić information content (AvgIpc) is 2.83. The number of halogens is 2. The summed E-state index contributed by atoms with van der Waals surface area (Å²) >= 11 is 5.74. The summed E-state index contributed by atoms with van der Waals surface area (Å²) in [5.41, 5.74) is 6.83. The first-order valence-electron chi connectivity index (χ1n) is 7.04. The summed E-state index contributed by atoms with van der Waals surface area (Å²) in [7, 11) is 0. The number of nitrogens with zero attached hydrogens (tertiary/aromatic N) is 1. The topological polar surface area (TPSA) is 46.3 Å². The quantitative estimate of drug-likeness (QED) is 0.670. The second kappa shape index (κ2) is 5.93. The number of carbonyl (C=O) groups excluding carboxylic acids is 1. The van der Waals surface area contributed by atoms with Crippen molar-refractivity contribution >= 4 is 44.4 Å². The SMILES string of the molecule is NC1CC[C@@H]2CN(C(=O)c3cc(I)ccc3Br)C[C@@H]2C1. The first-order chi connectivity index (χ1) is 9.54. The van der Waals surface area contributed by atoms with E-state index in [4.69, 9.17) is 5.73 Å². The predicted octanol–water partition coefficient (Wildman–Crippen LogP) is 3.25. The van der Waals surface area contributed by atoms with Gasteiger partial charge in [0.2, 0.25) is 0 Å². The normalized spacial score (nSPS) is 29.4. The van der Waals surface area contributed by atoms with Crippen molar-refractivity contribution in [2.45, 2.75) is 25.3 Å². The molecule has 1 aromatic carbocycles. The highest BCUT2D eigenvalue weighted by atomic mass is 127. The first kappa shape index (κ1) is 14.8. The number of rotatable bonds is 1. The van der Waals surface area contributed by atoms with E-state index in [2.05, 4.69) is 38.5 Å². The van der Waals surface area contributed by atoms with Crippen molar-refractivity contribution in [1.82, 2.24) is 4.90 Å². The molecule has 5 heteroatoms. The second-order valence-electron chi connectivity index (χ2n) is 5.93. The number of amides is 1. The number of fused-ring (bicyclic) bond motifs is 1. The van der Waals surface area contributed by atoms with E-state index in [1.165, 1.54) is 6.42 Å². The lowest BCUT2D eigenvalue weighted by atomic mass is 9.79. The van der Waals surface area contributed by atoms with Gasteiger partial charge >= 0.3 is 0 Å². The highest BCUT2D eigenvalue weighted by Crippen LogP contribution is 2.36. The molecule has 0 aromatic heterocycles. The Morgan fingerprint density at radius 3 is 2.85 bits per heavy atom. The minimum Gasteiger partial charge on any atom is -0.338 e. The van der Waals surface area contributed by atoms with Gasteiger partial charge in [0.25, 0.3) is 5.91 Å². The molecule has 1 aliphatic heterocycles. The fourth-order valence-electron chi connectivity index (χ4n) is 3.47. The summed E-state index contributed by atoms with van der Waals surface area (Å²) in [4.78, 5) is 14.7. The van der Waals surface area contributed by atoms with Gasteiger partial charge in [-0.2, -0.15) is 0 Å². The molecule has 1 saturated heterocycles. The molecular weight excluding hydrogens is 431 g/mol. The van der Waals surface area contributed by atoms with Gasteiger partial charge in [-0.25, -0.2) is 0 Å². The predicted molar refractivity (Wildman–Crippen MR) is 91.6 cm³/mol. The van der Waals surface area contributed by atoms with E-state index in [1.54, 1.807) is 0 Å². The third-order valence-electron chi connectivity index (χ3n) is 4.54. The summed E-state index contributed by atoms with van der Waals surface area (Å²) in [6, 6.07) is 6.24. The van der Waals surface area contributed by atoms with E-state index in [0.29, 0.717) is 17.9 Å². The minimum absolute atomic E-state index is 0.151. The molecule has 20 heavy (non-hydrogen) atoms. The van der Waals surface area contributed by atoms with Crippen LogP contribution in [0.25, 0.3) is 0 Å². The van der Waals surface area contributed by atoms with Crippen molar-refractivity contribution in [3.63, 3.8) is 0 Å². The summed E-state index contributed by atoms with van der Waals surface area (Å²) in [6.45, 7) is 1.77. The Morgan fingerprint density at radius 1 is 1.30 bits per heavy atom. The molecule has 0 spiro atoms. The Bertz CT molecular complexity index is 537. The van der Waals surface area contributed by atoms with Crippen molar-refractivity contribution in [2.24, 2.45) is 17.6 Å². The van der Waals surface area contributed by atoms with Crippen LogP contribution < -0.4 is 5.73 Å². The zero-order valence-electron chi connectivity index (χ0n) is 11.2. The lowest BCUT2D eigenvalue weighted by Crippen LogP contribution is -2.32. The molecule has 2 aliphatic rings. The van der Waals surface area contributed by atoms with E-state index in [0.717, 1.165) is 39.5 Å². The van der Waals surface area contributed by atoms with Crippen LogP contribution in [0.4, 0.5) is 0 Å². The monoisotopic (exact) mass is 448 g/mol. The van der Waals surface area contributed by atoms with E-state index in [9.17, 15) is 4.79 Å². The largest absolute Gasteiger partial charge is 0.338 e. The van der Waals surface area contributed by atoms with Crippen LogP contribution in [-0.2, 0) is 0 Å². The summed E-state index contributed by atoms with van der Waals surface area (Å²) < 4.78 is 1.97. The van der Waals surface area contributed by atoms with Gasteiger partial charge in [-0.3, -0.25) is 4.79 Å². The number of carbonyl (C=O) groups is 1. The van der Waals surface area contributed by atoms with Crippen LogP contribution in [0.2, 0.25) is 0 Å². The van der Waals surface area contributed by atoms with Gasteiger partial charge in [-0.1, -0.05) is 0 Å². The molecule has 1 aliphatic carbocycles. The van der Waals surface area contributed by atoms with Crippen LogP contribution in [0.15, 0.2) is 22.7 Å². The second-order valence-corrected chi connectivity index (χ2v) is 8.03. The minimum atomic E-state index is 0.151. The maximum atomic E-state index is 12.7. The molecule has 0 bridgehead atoms. The Labute approximate surface area is 141 Å². The van der Waals surface area contributed by atoms with Gasteiger partial charge in [0.1, 0.15) is 0 Å². The van der Waals surface area contributed by atoms with Gasteiger partial charge in [0.05, 0.1) is 5.56 Å². The van der Waals surface area contributed by atoms with Gasteiger partial charge in [-0.05, 0) is 87.8 Å². The van der Waals surface area contributed by atoms with Crippen molar-refractivity contribution in [3.8, 4) is 0 Å². The van der Waals surface area contributed by atoms with E-state index in [1.807, 2.05) is 23.1 Å². The standard InChI is InChI=1S/C15H18BrIN2O/c16-14-4-2-11(17)6-13(14)15(20)19-7-9-1-3-12(18)5-10(9)8-19/h2,4,6,9-10,12H,1,3,5,7-8,18H2/t9-,10+,12?/m1/s1. The molecule has 1 saturated carbocycles. The van der Waals surface area contributed by atoms with Crippen LogP contribution in [0.1, 0.15) is 29.6 Å². The lowest BCUT2D eigenvalue weighted by Gasteiger charge is -2.27. The number of benzene rings is 1. The van der Waals surface area contributed by atoms with E-state index in [-0.39, 0.29) is 5.91 Å². The van der Waals surface area contributed by atoms with Crippen LogP contribution in [0.3, 0.4) is 0 Å². The maximum Gasteiger partial charge on any atom is 0.255 e.